The van der Waals surface area contributed by atoms with Gasteiger partial charge in [0.15, 0.2) is 0 Å². The molecule has 0 spiro atoms. The number of nitrogens with one attached hydrogen (secondary N) is 1. The molecule has 1 N–H and O–H groups in total. The van der Waals surface area contributed by atoms with Crippen molar-refractivity contribution in [1.82, 2.24) is 4.72 Å². The van der Waals surface area contributed by atoms with E-state index in [9.17, 15) is 8.42 Å². The topological polar surface area (TPSA) is 49.4 Å². The van der Waals surface area contributed by atoms with Crippen LogP contribution in [0.4, 0.5) is 5.69 Å². The van der Waals surface area contributed by atoms with Crippen molar-refractivity contribution in [3.63, 3.8) is 0 Å². The van der Waals surface area contributed by atoms with Gasteiger partial charge in [-0.3, -0.25) is 0 Å². The number of hydrogen-bond acceptors (Lipinski definition) is 3. The minimum atomic E-state index is -3.52. The van der Waals surface area contributed by atoms with Crippen molar-refractivity contribution in [3.05, 3.63) is 59.1 Å². The van der Waals surface area contributed by atoms with Crippen molar-refractivity contribution in [3.8, 4) is 0 Å². The Labute approximate surface area is 153 Å². The molecule has 25 heavy (non-hydrogen) atoms. The number of nitrogens with zero attached hydrogens (tertiary/aromatic N) is 1. The van der Waals surface area contributed by atoms with E-state index < -0.39 is 10.0 Å². The average Bonchev–Trinajstić information content (AvgIpc) is 3.39. The third-order valence-electron chi connectivity index (χ3n) is 4.84. The van der Waals surface area contributed by atoms with Crippen molar-refractivity contribution in [2.45, 2.75) is 30.2 Å². The van der Waals surface area contributed by atoms with Crippen molar-refractivity contribution in [2.75, 3.05) is 18.0 Å². The highest BCUT2D eigenvalue weighted by Crippen LogP contribution is 2.35. The quantitative estimate of drug-likeness (QED) is 0.869. The first-order chi connectivity index (χ1) is 12.0. The lowest BCUT2D eigenvalue weighted by Gasteiger charge is -2.36. The van der Waals surface area contributed by atoms with Gasteiger partial charge in [-0.05, 0) is 61.1 Å². The van der Waals surface area contributed by atoms with Gasteiger partial charge < -0.3 is 4.90 Å². The van der Waals surface area contributed by atoms with Gasteiger partial charge in [0.1, 0.15) is 0 Å². The Balaban J connectivity index is 1.58. The van der Waals surface area contributed by atoms with Crippen molar-refractivity contribution >= 4 is 27.3 Å². The highest BCUT2D eigenvalue weighted by Gasteiger charge is 2.32. The number of sulfonamides is 1. The van der Waals surface area contributed by atoms with E-state index in [0.29, 0.717) is 22.9 Å². The van der Waals surface area contributed by atoms with Crippen LogP contribution in [0.5, 0.6) is 0 Å². The number of halogens is 1. The van der Waals surface area contributed by atoms with Crippen LogP contribution in [-0.2, 0) is 16.4 Å². The van der Waals surface area contributed by atoms with Gasteiger partial charge in [-0.15, -0.1) is 0 Å². The molecule has 1 atom stereocenters. The Bertz CT molecular complexity index is 866. The minimum absolute atomic E-state index is 0.157. The molecule has 1 aliphatic heterocycles. The Kier molecular flexibility index (Phi) is 4.48. The second-order valence-electron chi connectivity index (χ2n) is 6.96. The molecule has 0 saturated heterocycles. The SMILES string of the molecule is O=S(=O)(NC1Cc2cc(Cl)ccc2N(CC2CC2)C1)c1ccccc1. The van der Waals surface area contributed by atoms with E-state index in [-0.39, 0.29) is 6.04 Å². The van der Waals surface area contributed by atoms with Gasteiger partial charge in [-0.1, -0.05) is 29.8 Å². The molecule has 4 nitrogen and oxygen atoms in total. The Morgan fingerprint density at radius 3 is 2.60 bits per heavy atom. The zero-order valence-electron chi connectivity index (χ0n) is 13.9. The molecule has 0 radical (unpaired) electrons. The third kappa shape index (κ3) is 3.84. The van der Waals surface area contributed by atoms with Crippen LogP contribution in [0.3, 0.4) is 0 Å². The number of rotatable bonds is 5. The van der Waals surface area contributed by atoms with E-state index >= 15 is 0 Å². The summed E-state index contributed by atoms with van der Waals surface area (Å²) in [6.07, 6.45) is 3.18. The summed E-state index contributed by atoms with van der Waals surface area (Å²) >= 11 is 6.16. The fourth-order valence-corrected chi connectivity index (χ4v) is 4.91. The summed E-state index contributed by atoms with van der Waals surface area (Å²) in [6, 6.07) is 14.3. The van der Waals surface area contributed by atoms with Gasteiger partial charge in [-0.25, -0.2) is 13.1 Å². The lowest BCUT2D eigenvalue weighted by Crippen LogP contribution is -2.48. The summed E-state index contributed by atoms with van der Waals surface area (Å²) in [5.41, 5.74) is 2.30. The molecule has 2 aromatic rings. The van der Waals surface area contributed by atoms with Crippen LogP contribution in [-0.4, -0.2) is 27.5 Å². The Morgan fingerprint density at radius 2 is 1.88 bits per heavy atom. The van der Waals surface area contributed by atoms with Gasteiger partial charge in [0.05, 0.1) is 4.90 Å². The predicted octanol–water partition coefficient (Wildman–Crippen LogP) is 3.46. The van der Waals surface area contributed by atoms with Crippen LogP contribution in [0.25, 0.3) is 0 Å². The zero-order valence-corrected chi connectivity index (χ0v) is 15.4. The normalized spacial score (nSPS) is 20.4. The maximum Gasteiger partial charge on any atom is 0.240 e. The van der Waals surface area contributed by atoms with E-state index in [0.717, 1.165) is 18.0 Å². The smallest absolute Gasteiger partial charge is 0.240 e. The summed E-state index contributed by atoms with van der Waals surface area (Å²) in [7, 11) is -3.52. The van der Waals surface area contributed by atoms with Gasteiger partial charge >= 0.3 is 0 Å². The maximum atomic E-state index is 12.7. The molecular weight excluding hydrogens is 356 g/mol. The number of fused-ring (bicyclic) bond motifs is 1. The largest absolute Gasteiger partial charge is 0.369 e. The van der Waals surface area contributed by atoms with Crippen molar-refractivity contribution in [2.24, 2.45) is 5.92 Å². The lowest BCUT2D eigenvalue weighted by molar-refractivity contribution is 0.520. The lowest BCUT2D eigenvalue weighted by atomic mass is 9.98. The van der Waals surface area contributed by atoms with Gasteiger partial charge in [0, 0.05) is 29.8 Å². The third-order valence-corrected chi connectivity index (χ3v) is 6.61. The van der Waals surface area contributed by atoms with Crippen LogP contribution in [0, 0.1) is 5.92 Å². The molecule has 2 aromatic carbocycles. The standard InChI is InChI=1S/C19H21ClN2O2S/c20-16-8-9-19-15(10-16)11-17(13-22(19)12-14-6-7-14)21-25(23,24)18-4-2-1-3-5-18/h1-5,8-10,14,17,21H,6-7,11-13H2. The molecule has 1 heterocycles. The van der Waals surface area contributed by atoms with Crippen molar-refractivity contribution < 1.29 is 8.42 Å². The fourth-order valence-electron chi connectivity index (χ4n) is 3.47. The molecular formula is C19H21ClN2O2S. The zero-order chi connectivity index (χ0) is 17.4. The molecule has 0 bridgehead atoms. The van der Waals surface area contributed by atoms with Crippen LogP contribution in [0.1, 0.15) is 18.4 Å². The van der Waals surface area contributed by atoms with Crippen LogP contribution < -0.4 is 9.62 Å². The molecule has 0 aromatic heterocycles. The number of anilines is 1. The van der Waals surface area contributed by atoms with Gasteiger partial charge in [0.2, 0.25) is 10.0 Å². The molecule has 6 heteroatoms. The van der Waals surface area contributed by atoms with E-state index in [2.05, 4.69) is 15.7 Å². The van der Waals surface area contributed by atoms with E-state index in [1.54, 1.807) is 24.3 Å². The number of benzene rings is 2. The molecule has 4 rings (SSSR count). The summed E-state index contributed by atoms with van der Waals surface area (Å²) in [5, 5.41) is 0.691. The number of hydrogen-bond donors (Lipinski definition) is 1. The maximum absolute atomic E-state index is 12.7. The van der Waals surface area contributed by atoms with E-state index in [4.69, 9.17) is 11.6 Å². The summed E-state index contributed by atoms with van der Waals surface area (Å²) in [4.78, 5) is 2.62. The summed E-state index contributed by atoms with van der Waals surface area (Å²) < 4.78 is 28.2. The van der Waals surface area contributed by atoms with Crippen LogP contribution in [0.15, 0.2) is 53.4 Å². The van der Waals surface area contributed by atoms with Crippen molar-refractivity contribution in [1.29, 1.82) is 0 Å². The predicted molar refractivity (Wildman–Crippen MR) is 101 cm³/mol. The highest BCUT2D eigenvalue weighted by molar-refractivity contribution is 7.89. The second-order valence-corrected chi connectivity index (χ2v) is 9.11. The highest BCUT2D eigenvalue weighted by atomic mass is 35.5. The second kappa shape index (κ2) is 6.63. The average molecular weight is 377 g/mol. The van der Waals surface area contributed by atoms with E-state index in [1.165, 1.54) is 18.5 Å². The van der Waals surface area contributed by atoms with E-state index in [1.807, 2.05) is 18.2 Å². The van der Waals surface area contributed by atoms with Gasteiger partial charge in [-0.2, -0.15) is 0 Å². The molecule has 1 aliphatic carbocycles. The molecule has 1 unspecified atom stereocenters. The molecule has 1 saturated carbocycles. The van der Waals surface area contributed by atoms with Crippen LogP contribution in [0.2, 0.25) is 5.02 Å². The Morgan fingerprint density at radius 1 is 1.12 bits per heavy atom. The fraction of sp³-hybridized carbons (Fsp3) is 0.368. The first-order valence-electron chi connectivity index (χ1n) is 8.62. The summed E-state index contributed by atoms with van der Waals surface area (Å²) in [6.45, 7) is 1.68. The molecule has 0 amide bonds. The molecule has 132 valence electrons. The first-order valence-corrected chi connectivity index (χ1v) is 10.5. The summed E-state index contributed by atoms with van der Waals surface area (Å²) in [5.74, 6) is 0.730. The first kappa shape index (κ1) is 16.9. The Hall–Kier alpha value is -1.56. The molecule has 2 aliphatic rings. The monoisotopic (exact) mass is 376 g/mol. The molecule has 1 fully saturated rings. The minimum Gasteiger partial charge on any atom is -0.369 e. The van der Waals surface area contributed by atoms with Crippen LogP contribution >= 0.6 is 11.6 Å². The van der Waals surface area contributed by atoms with Gasteiger partial charge in [0.25, 0.3) is 0 Å².